The summed E-state index contributed by atoms with van der Waals surface area (Å²) in [6, 6.07) is 6.82. The number of nitrogens with one attached hydrogen (secondary N) is 1. The molecule has 2 atom stereocenters. The third-order valence-electron chi connectivity index (χ3n) is 2.83. The van der Waals surface area contributed by atoms with E-state index in [9.17, 15) is 0 Å². The molecule has 2 rings (SSSR count). The fourth-order valence-electron chi connectivity index (χ4n) is 2.13. The van der Waals surface area contributed by atoms with E-state index in [1.807, 2.05) is 24.0 Å². The van der Waals surface area contributed by atoms with Crippen LogP contribution in [-0.2, 0) is 0 Å². The van der Waals surface area contributed by atoms with Gasteiger partial charge in [0.1, 0.15) is 0 Å². The van der Waals surface area contributed by atoms with E-state index in [-0.39, 0.29) is 0 Å². The average molecular weight is 222 g/mol. The monoisotopic (exact) mass is 222 g/mol. The summed E-state index contributed by atoms with van der Waals surface area (Å²) < 4.78 is 0. The highest BCUT2D eigenvalue weighted by Gasteiger charge is 2.27. The van der Waals surface area contributed by atoms with E-state index in [1.54, 1.807) is 0 Å². The lowest BCUT2D eigenvalue weighted by Gasteiger charge is -2.19. The van der Waals surface area contributed by atoms with Crippen molar-refractivity contribution in [3.05, 3.63) is 24.4 Å². The Morgan fingerprint density at radius 2 is 2.40 bits per heavy atom. The first kappa shape index (κ1) is 11.0. The van der Waals surface area contributed by atoms with Crippen molar-refractivity contribution < 1.29 is 0 Å². The molecule has 1 aliphatic carbocycles. The molecule has 1 aromatic heterocycles. The molecule has 2 unspecified atom stereocenters. The maximum absolute atomic E-state index is 4.37. The molecule has 15 heavy (non-hydrogen) atoms. The maximum atomic E-state index is 4.37. The SMILES string of the molecule is CCNC1CCCC1Sc1ccccn1. The van der Waals surface area contributed by atoms with Gasteiger partial charge in [-0.15, -0.1) is 11.8 Å². The molecule has 0 amide bonds. The smallest absolute Gasteiger partial charge is 0.0963 e. The number of nitrogens with zero attached hydrogens (tertiary/aromatic N) is 1. The fraction of sp³-hybridized carbons (Fsp3) is 0.583. The Labute approximate surface area is 95.9 Å². The molecule has 1 aromatic rings. The highest BCUT2D eigenvalue weighted by molar-refractivity contribution is 7.99. The van der Waals surface area contributed by atoms with Crippen LogP contribution >= 0.6 is 11.8 Å². The molecule has 0 aliphatic heterocycles. The fourth-order valence-corrected chi connectivity index (χ4v) is 3.40. The van der Waals surface area contributed by atoms with E-state index in [2.05, 4.69) is 29.4 Å². The average Bonchev–Trinajstić information content (AvgIpc) is 2.68. The molecule has 1 saturated carbocycles. The van der Waals surface area contributed by atoms with E-state index in [1.165, 1.54) is 19.3 Å². The first-order valence-electron chi connectivity index (χ1n) is 5.71. The van der Waals surface area contributed by atoms with E-state index in [0.717, 1.165) is 11.6 Å². The van der Waals surface area contributed by atoms with Crippen molar-refractivity contribution in [2.75, 3.05) is 6.54 Å². The minimum absolute atomic E-state index is 0.682. The topological polar surface area (TPSA) is 24.9 Å². The molecule has 0 spiro atoms. The Morgan fingerprint density at radius 1 is 1.47 bits per heavy atom. The number of pyridine rings is 1. The second kappa shape index (κ2) is 5.52. The van der Waals surface area contributed by atoms with Crippen molar-refractivity contribution in [1.82, 2.24) is 10.3 Å². The molecule has 0 radical (unpaired) electrons. The molecule has 0 saturated heterocycles. The summed E-state index contributed by atoms with van der Waals surface area (Å²) in [4.78, 5) is 4.37. The summed E-state index contributed by atoms with van der Waals surface area (Å²) in [5, 5.41) is 5.43. The molecule has 3 heteroatoms. The number of thioether (sulfide) groups is 1. The van der Waals surface area contributed by atoms with Gasteiger partial charge < -0.3 is 5.32 Å². The second-order valence-corrected chi connectivity index (χ2v) is 5.18. The van der Waals surface area contributed by atoms with Gasteiger partial charge in [0.2, 0.25) is 0 Å². The number of aromatic nitrogens is 1. The standard InChI is InChI=1S/C12H18N2S/c1-2-13-10-6-5-7-11(10)15-12-8-3-4-9-14-12/h3-4,8-11,13H,2,5-7H2,1H3. The molecule has 1 aliphatic rings. The van der Waals surface area contributed by atoms with Crippen molar-refractivity contribution in [3.8, 4) is 0 Å². The number of hydrogen-bond acceptors (Lipinski definition) is 3. The summed E-state index contributed by atoms with van der Waals surface area (Å²) >= 11 is 1.93. The van der Waals surface area contributed by atoms with Crippen LogP contribution in [0, 0.1) is 0 Å². The van der Waals surface area contributed by atoms with E-state index >= 15 is 0 Å². The number of hydrogen-bond donors (Lipinski definition) is 1. The van der Waals surface area contributed by atoms with Crippen LogP contribution in [0.5, 0.6) is 0 Å². The van der Waals surface area contributed by atoms with Crippen LogP contribution in [0.25, 0.3) is 0 Å². The lowest BCUT2D eigenvalue weighted by molar-refractivity contribution is 0.550. The minimum Gasteiger partial charge on any atom is -0.313 e. The molecule has 82 valence electrons. The Bertz CT molecular complexity index is 289. The zero-order valence-corrected chi connectivity index (χ0v) is 9.96. The highest BCUT2D eigenvalue weighted by Crippen LogP contribution is 2.33. The van der Waals surface area contributed by atoms with Crippen molar-refractivity contribution in [2.24, 2.45) is 0 Å². The largest absolute Gasteiger partial charge is 0.313 e. The van der Waals surface area contributed by atoms with E-state index in [0.29, 0.717) is 11.3 Å². The zero-order chi connectivity index (χ0) is 10.5. The quantitative estimate of drug-likeness (QED) is 0.848. The predicted molar refractivity (Wildman–Crippen MR) is 65.2 cm³/mol. The van der Waals surface area contributed by atoms with Gasteiger partial charge in [0.15, 0.2) is 0 Å². The van der Waals surface area contributed by atoms with Crippen LogP contribution in [0.15, 0.2) is 29.4 Å². The summed E-state index contributed by atoms with van der Waals surface area (Å²) in [5.74, 6) is 0. The summed E-state index contributed by atoms with van der Waals surface area (Å²) in [6.07, 6.45) is 5.86. The first-order valence-corrected chi connectivity index (χ1v) is 6.59. The van der Waals surface area contributed by atoms with Crippen molar-refractivity contribution in [2.45, 2.75) is 42.5 Å². The van der Waals surface area contributed by atoms with Gasteiger partial charge in [-0.1, -0.05) is 19.4 Å². The van der Waals surface area contributed by atoms with Gasteiger partial charge >= 0.3 is 0 Å². The second-order valence-electron chi connectivity index (χ2n) is 3.92. The third kappa shape index (κ3) is 2.95. The molecule has 0 bridgehead atoms. The minimum atomic E-state index is 0.682. The molecular weight excluding hydrogens is 204 g/mol. The van der Waals surface area contributed by atoms with Gasteiger partial charge in [0.25, 0.3) is 0 Å². The zero-order valence-electron chi connectivity index (χ0n) is 9.15. The Kier molecular flexibility index (Phi) is 4.03. The van der Waals surface area contributed by atoms with E-state index < -0.39 is 0 Å². The molecule has 1 fully saturated rings. The first-order chi connectivity index (χ1) is 7.40. The van der Waals surface area contributed by atoms with Gasteiger partial charge in [0, 0.05) is 17.5 Å². The lowest BCUT2D eigenvalue weighted by atomic mass is 10.2. The van der Waals surface area contributed by atoms with Crippen molar-refractivity contribution in [1.29, 1.82) is 0 Å². The van der Waals surface area contributed by atoms with E-state index in [4.69, 9.17) is 0 Å². The van der Waals surface area contributed by atoms with Crippen molar-refractivity contribution >= 4 is 11.8 Å². The maximum Gasteiger partial charge on any atom is 0.0963 e. The van der Waals surface area contributed by atoms with Gasteiger partial charge in [-0.2, -0.15) is 0 Å². The predicted octanol–water partition coefficient (Wildman–Crippen LogP) is 2.70. The van der Waals surface area contributed by atoms with Crippen molar-refractivity contribution in [3.63, 3.8) is 0 Å². The lowest BCUT2D eigenvalue weighted by Crippen LogP contribution is -2.33. The van der Waals surface area contributed by atoms with Crippen LogP contribution in [0.4, 0.5) is 0 Å². The van der Waals surface area contributed by atoms with Crippen LogP contribution < -0.4 is 5.32 Å². The molecule has 0 aromatic carbocycles. The summed E-state index contributed by atoms with van der Waals surface area (Å²) in [7, 11) is 0. The molecule has 1 heterocycles. The normalized spacial score (nSPS) is 25.7. The molecule has 2 nitrogen and oxygen atoms in total. The van der Waals surface area contributed by atoms with Gasteiger partial charge in [-0.3, -0.25) is 0 Å². The van der Waals surface area contributed by atoms with Crippen LogP contribution in [-0.4, -0.2) is 22.8 Å². The van der Waals surface area contributed by atoms with Gasteiger partial charge in [0.05, 0.1) is 5.03 Å². The summed E-state index contributed by atoms with van der Waals surface area (Å²) in [6.45, 7) is 3.25. The Hall–Kier alpha value is -0.540. The Morgan fingerprint density at radius 3 is 3.13 bits per heavy atom. The molecular formula is C12H18N2S. The van der Waals surface area contributed by atoms with Crippen LogP contribution in [0.2, 0.25) is 0 Å². The van der Waals surface area contributed by atoms with Crippen LogP contribution in [0.3, 0.4) is 0 Å². The summed E-state index contributed by atoms with van der Waals surface area (Å²) in [5.41, 5.74) is 0. The number of rotatable bonds is 4. The Balaban J connectivity index is 1.93. The van der Waals surface area contributed by atoms with Gasteiger partial charge in [-0.05, 0) is 31.5 Å². The molecule has 1 N–H and O–H groups in total. The highest BCUT2D eigenvalue weighted by atomic mass is 32.2. The third-order valence-corrected chi connectivity index (χ3v) is 4.18. The van der Waals surface area contributed by atoms with Gasteiger partial charge in [-0.25, -0.2) is 4.98 Å². The van der Waals surface area contributed by atoms with Crippen LogP contribution in [0.1, 0.15) is 26.2 Å².